The van der Waals surface area contributed by atoms with Gasteiger partial charge in [0, 0.05) is 28.7 Å². The summed E-state index contributed by atoms with van der Waals surface area (Å²) in [5.74, 6) is -0.0740. The van der Waals surface area contributed by atoms with E-state index < -0.39 is 9.84 Å². The molecule has 1 aliphatic heterocycles. The lowest BCUT2D eigenvalue weighted by Crippen LogP contribution is -2.43. The average Bonchev–Trinajstić information content (AvgIpc) is 2.57. The van der Waals surface area contributed by atoms with E-state index in [-0.39, 0.29) is 30.5 Å². The molecule has 24 heavy (non-hydrogen) atoms. The van der Waals surface area contributed by atoms with Crippen molar-refractivity contribution in [3.63, 3.8) is 0 Å². The summed E-state index contributed by atoms with van der Waals surface area (Å²) in [5.41, 5.74) is 0.575. The van der Waals surface area contributed by atoms with Crippen LogP contribution in [0.2, 0.25) is 0 Å². The van der Waals surface area contributed by atoms with Crippen molar-refractivity contribution in [1.29, 1.82) is 0 Å². The Labute approximate surface area is 153 Å². The highest BCUT2D eigenvalue weighted by Gasteiger charge is 2.27. The minimum atomic E-state index is -3.01. The maximum Gasteiger partial charge on any atom is 0.255 e. The second-order valence-corrected chi connectivity index (χ2v) is 9.64. The SMILES string of the molecule is O=C(c1ccccc1Sc1ccc(Br)cn1)N1CCS(=O)(=O)CC1. The monoisotopic (exact) mass is 426 g/mol. The van der Waals surface area contributed by atoms with Crippen LogP contribution in [0.3, 0.4) is 0 Å². The first-order chi connectivity index (χ1) is 11.4. The predicted octanol–water partition coefficient (Wildman–Crippen LogP) is 2.87. The Morgan fingerprint density at radius 2 is 1.83 bits per heavy atom. The number of carbonyl (C=O) groups is 1. The van der Waals surface area contributed by atoms with Gasteiger partial charge in [-0.05, 0) is 40.2 Å². The molecule has 0 unspecified atom stereocenters. The third kappa shape index (κ3) is 4.17. The van der Waals surface area contributed by atoms with Crippen molar-refractivity contribution in [2.24, 2.45) is 0 Å². The predicted molar refractivity (Wildman–Crippen MR) is 97.1 cm³/mol. The van der Waals surface area contributed by atoms with Crippen LogP contribution in [0, 0.1) is 0 Å². The Hall–Kier alpha value is -1.38. The van der Waals surface area contributed by atoms with Gasteiger partial charge >= 0.3 is 0 Å². The van der Waals surface area contributed by atoms with Crippen LogP contribution in [-0.2, 0) is 9.84 Å². The molecule has 0 spiro atoms. The van der Waals surface area contributed by atoms with E-state index in [2.05, 4.69) is 20.9 Å². The van der Waals surface area contributed by atoms with Crippen molar-refractivity contribution in [1.82, 2.24) is 9.88 Å². The molecule has 3 rings (SSSR count). The van der Waals surface area contributed by atoms with E-state index in [1.54, 1.807) is 17.2 Å². The van der Waals surface area contributed by atoms with Gasteiger partial charge in [-0.1, -0.05) is 23.9 Å². The minimum absolute atomic E-state index is 0.0301. The summed E-state index contributed by atoms with van der Waals surface area (Å²) < 4.78 is 24.0. The van der Waals surface area contributed by atoms with Crippen LogP contribution in [0.25, 0.3) is 0 Å². The second kappa shape index (κ2) is 7.25. The molecule has 0 saturated carbocycles. The molecule has 126 valence electrons. The van der Waals surface area contributed by atoms with Crippen molar-refractivity contribution < 1.29 is 13.2 Å². The lowest BCUT2D eigenvalue weighted by atomic mass is 10.2. The van der Waals surface area contributed by atoms with Crippen LogP contribution in [0.15, 0.2) is 57.0 Å². The molecule has 0 bridgehead atoms. The van der Waals surface area contributed by atoms with Gasteiger partial charge in [0.25, 0.3) is 5.91 Å². The number of rotatable bonds is 3. The summed E-state index contributed by atoms with van der Waals surface area (Å²) in [6, 6.07) is 11.1. The smallest absolute Gasteiger partial charge is 0.255 e. The van der Waals surface area contributed by atoms with Crippen LogP contribution in [0.1, 0.15) is 10.4 Å². The number of amides is 1. The molecular weight excluding hydrogens is 412 g/mol. The zero-order chi connectivity index (χ0) is 17.2. The lowest BCUT2D eigenvalue weighted by Gasteiger charge is -2.27. The first-order valence-corrected chi connectivity index (χ1v) is 10.8. The van der Waals surface area contributed by atoms with E-state index in [0.29, 0.717) is 5.56 Å². The van der Waals surface area contributed by atoms with Crippen molar-refractivity contribution in [3.05, 3.63) is 52.6 Å². The number of carbonyl (C=O) groups excluding carboxylic acids is 1. The van der Waals surface area contributed by atoms with Crippen molar-refractivity contribution in [2.75, 3.05) is 24.6 Å². The average molecular weight is 427 g/mol. The molecule has 0 radical (unpaired) electrons. The molecule has 8 heteroatoms. The van der Waals surface area contributed by atoms with E-state index in [0.717, 1.165) is 14.4 Å². The first-order valence-electron chi connectivity index (χ1n) is 7.33. The number of hydrogen-bond acceptors (Lipinski definition) is 5. The van der Waals surface area contributed by atoms with E-state index in [1.165, 1.54) is 11.8 Å². The van der Waals surface area contributed by atoms with E-state index in [1.807, 2.05) is 30.3 Å². The normalized spacial score (nSPS) is 16.8. The summed E-state index contributed by atoms with van der Waals surface area (Å²) in [7, 11) is -3.01. The highest BCUT2D eigenvalue weighted by atomic mass is 79.9. The highest BCUT2D eigenvalue weighted by Crippen LogP contribution is 2.30. The third-order valence-corrected chi connectivity index (χ3v) is 6.77. The van der Waals surface area contributed by atoms with Crippen LogP contribution in [0.4, 0.5) is 0 Å². The van der Waals surface area contributed by atoms with E-state index >= 15 is 0 Å². The largest absolute Gasteiger partial charge is 0.337 e. The first kappa shape index (κ1) is 17.4. The summed E-state index contributed by atoms with van der Waals surface area (Å²) in [4.78, 5) is 19.5. The van der Waals surface area contributed by atoms with Crippen molar-refractivity contribution in [2.45, 2.75) is 9.92 Å². The zero-order valence-corrected chi connectivity index (χ0v) is 15.9. The van der Waals surface area contributed by atoms with E-state index in [4.69, 9.17) is 0 Å². The van der Waals surface area contributed by atoms with Crippen LogP contribution >= 0.6 is 27.7 Å². The van der Waals surface area contributed by atoms with Gasteiger partial charge in [0.05, 0.1) is 17.1 Å². The third-order valence-electron chi connectivity index (χ3n) is 3.66. The Morgan fingerprint density at radius 1 is 1.12 bits per heavy atom. The number of sulfone groups is 1. The fourth-order valence-corrected chi connectivity index (χ4v) is 4.67. The molecule has 0 N–H and O–H groups in total. The summed E-state index contributed by atoms with van der Waals surface area (Å²) in [6.45, 7) is 0.493. The molecule has 2 heterocycles. The molecule has 2 aromatic rings. The Bertz CT molecular complexity index is 840. The van der Waals surface area contributed by atoms with Crippen LogP contribution < -0.4 is 0 Å². The Kier molecular flexibility index (Phi) is 5.27. The van der Waals surface area contributed by atoms with Gasteiger partial charge in [-0.2, -0.15) is 0 Å². The van der Waals surface area contributed by atoms with Gasteiger partial charge in [-0.15, -0.1) is 0 Å². The Balaban J connectivity index is 1.81. The molecular formula is C16H15BrN2O3S2. The van der Waals surface area contributed by atoms with Crippen molar-refractivity contribution in [3.8, 4) is 0 Å². The molecule has 1 fully saturated rings. The van der Waals surface area contributed by atoms with Gasteiger partial charge in [0.2, 0.25) is 0 Å². The highest BCUT2D eigenvalue weighted by molar-refractivity contribution is 9.10. The number of halogens is 1. The molecule has 1 aromatic heterocycles. The standard InChI is InChI=1S/C16H15BrN2O3S2/c17-12-5-6-15(18-11-12)23-14-4-2-1-3-13(14)16(20)19-7-9-24(21,22)10-8-19/h1-6,11H,7-10H2. The van der Waals surface area contributed by atoms with Crippen LogP contribution in [0.5, 0.6) is 0 Å². The second-order valence-electron chi connectivity index (χ2n) is 5.36. The summed E-state index contributed by atoms with van der Waals surface area (Å²) in [5, 5.41) is 0.791. The van der Waals surface area contributed by atoms with Gasteiger partial charge in [-0.3, -0.25) is 4.79 Å². The minimum Gasteiger partial charge on any atom is -0.337 e. The molecule has 1 aromatic carbocycles. The van der Waals surface area contributed by atoms with Crippen molar-refractivity contribution >= 4 is 43.4 Å². The summed E-state index contributed by atoms with van der Waals surface area (Å²) in [6.07, 6.45) is 1.71. The number of pyridine rings is 1. The Morgan fingerprint density at radius 3 is 2.50 bits per heavy atom. The number of benzene rings is 1. The molecule has 1 aliphatic rings. The van der Waals surface area contributed by atoms with Gasteiger partial charge in [0.15, 0.2) is 9.84 Å². The van der Waals surface area contributed by atoms with Gasteiger partial charge < -0.3 is 4.90 Å². The van der Waals surface area contributed by atoms with Crippen LogP contribution in [-0.4, -0.2) is 48.8 Å². The van der Waals surface area contributed by atoms with Gasteiger partial charge in [-0.25, -0.2) is 13.4 Å². The molecule has 5 nitrogen and oxygen atoms in total. The fraction of sp³-hybridized carbons (Fsp3) is 0.250. The topological polar surface area (TPSA) is 67.3 Å². The molecule has 0 atom stereocenters. The maximum atomic E-state index is 12.8. The van der Waals surface area contributed by atoms with Gasteiger partial charge in [0.1, 0.15) is 5.03 Å². The number of aromatic nitrogens is 1. The lowest BCUT2D eigenvalue weighted by molar-refractivity contribution is 0.0767. The quantitative estimate of drug-likeness (QED) is 0.754. The maximum absolute atomic E-state index is 12.8. The molecule has 0 aliphatic carbocycles. The summed E-state index contributed by atoms with van der Waals surface area (Å²) >= 11 is 4.77. The molecule has 1 amide bonds. The molecule has 1 saturated heterocycles. The fourth-order valence-electron chi connectivity index (χ4n) is 2.35. The number of nitrogens with zero attached hydrogens (tertiary/aromatic N) is 2. The van der Waals surface area contributed by atoms with E-state index in [9.17, 15) is 13.2 Å². The number of hydrogen-bond donors (Lipinski definition) is 0. The zero-order valence-electron chi connectivity index (χ0n) is 12.7.